The van der Waals surface area contributed by atoms with Crippen molar-refractivity contribution in [1.82, 2.24) is 9.88 Å². The van der Waals surface area contributed by atoms with E-state index in [0.717, 1.165) is 48.0 Å². The summed E-state index contributed by atoms with van der Waals surface area (Å²) < 4.78 is 19.9. The van der Waals surface area contributed by atoms with Gasteiger partial charge in [0.2, 0.25) is 0 Å². The Labute approximate surface area is 181 Å². The lowest BCUT2D eigenvalue weighted by atomic mass is 9.73. The van der Waals surface area contributed by atoms with Crippen molar-refractivity contribution in [2.45, 2.75) is 31.3 Å². The molecule has 0 amide bonds. The second-order valence-electron chi connectivity index (χ2n) is 8.28. The first kappa shape index (κ1) is 20.9. The van der Waals surface area contributed by atoms with Crippen LogP contribution in [0.1, 0.15) is 42.6 Å². The van der Waals surface area contributed by atoms with Crippen molar-refractivity contribution in [1.29, 1.82) is 5.26 Å². The molecule has 0 saturated carbocycles. The maximum Gasteiger partial charge on any atom is 0.123 e. The summed E-state index contributed by atoms with van der Waals surface area (Å²) in [6.07, 6.45) is 3.39. The quantitative estimate of drug-likeness (QED) is 0.581. The van der Waals surface area contributed by atoms with E-state index in [1.165, 1.54) is 12.1 Å². The molecule has 6 heteroatoms. The SMILES string of the molecule is CC(OCC1(c2ccc(F)cc2)CCN(C)CC1)c1cc(Cl)cc2c(C#N)c[nH]c12. The molecule has 1 fully saturated rings. The van der Waals surface area contributed by atoms with Gasteiger partial charge in [-0.1, -0.05) is 23.7 Å². The third-order valence-corrected chi connectivity index (χ3v) is 6.57. The largest absolute Gasteiger partial charge is 0.373 e. The zero-order valence-corrected chi connectivity index (χ0v) is 18.0. The van der Waals surface area contributed by atoms with Gasteiger partial charge in [0.25, 0.3) is 0 Å². The van der Waals surface area contributed by atoms with Gasteiger partial charge in [-0.2, -0.15) is 5.26 Å². The van der Waals surface area contributed by atoms with Gasteiger partial charge in [0, 0.05) is 27.6 Å². The number of nitrogens with zero attached hydrogens (tertiary/aromatic N) is 2. The minimum atomic E-state index is -0.225. The lowest BCUT2D eigenvalue weighted by Crippen LogP contribution is -2.44. The Kier molecular flexibility index (Phi) is 5.84. The molecule has 0 bridgehead atoms. The molecule has 0 radical (unpaired) electrons. The fourth-order valence-corrected chi connectivity index (χ4v) is 4.60. The number of hydrogen-bond acceptors (Lipinski definition) is 3. The number of nitriles is 1. The number of halogens is 2. The molecule has 1 aliphatic rings. The summed E-state index contributed by atoms with van der Waals surface area (Å²) in [6, 6.07) is 12.7. The molecule has 2 heterocycles. The Balaban J connectivity index is 1.61. The Bertz CT molecular complexity index is 1080. The highest BCUT2D eigenvalue weighted by molar-refractivity contribution is 6.31. The van der Waals surface area contributed by atoms with E-state index in [1.807, 2.05) is 25.1 Å². The van der Waals surface area contributed by atoms with Crippen LogP contribution in [0.5, 0.6) is 0 Å². The number of nitrogens with one attached hydrogen (secondary N) is 1. The van der Waals surface area contributed by atoms with E-state index in [9.17, 15) is 9.65 Å². The van der Waals surface area contributed by atoms with Gasteiger partial charge in [0.05, 0.1) is 23.8 Å². The van der Waals surface area contributed by atoms with E-state index in [1.54, 1.807) is 12.3 Å². The molecule has 1 aliphatic heterocycles. The first-order valence-corrected chi connectivity index (χ1v) is 10.6. The summed E-state index contributed by atoms with van der Waals surface area (Å²) in [5.41, 5.74) is 3.34. The average Bonchev–Trinajstić information content (AvgIpc) is 3.16. The first-order chi connectivity index (χ1) is 14.4. The highest BCUT2D eigenvalue weighted by Crippen LogP contribution is 2.38. The summed E-state index contributed by atoms with van der Waals surface area (Å²) in [6.45, 7) is 4.48. The number of ether oxygens (including phenoxy) is 1. The van der Waals surface area contributed by atoms with Gasteiger partial charge < -0.3 is 14.6 Å². The second kappa shape index (κ2) is 8.39. The average molecular weight is 426 g/mol. The molecule has 2 aromatic carbocycles. The van der Waals surface area contributed by atoms with Crippen LogP contribution in [0.3, 0.4) is 0 Å². The smallest absolute Gasteiger partial charge is 0.123 e. The molecule has 0 aliphatic carbocycles. The van der Waals surface area contributed by atoms with Gasteiger partial charge in [-0.25, -0.2) is 4.39 Å². The summed E-state index contributed by atoms with van der Waals surface area (Å²) in [7, 11) is 2.12. The van der Waals surface area contributed by atoms with Crippen molar-refractivity contribution in [2.24, 2.45) is 0 Å². The maximum atomic E-state index is 13.5. The molecular weight excluding hydrogens is 401 g/mol. The number of H-pyrrole nitrogens is 1. The van der Waals surface area contributed by atoms with Crippen LogP contribution in [0.2, 0.25) is 5.02 Å². The lowest BCUT2D eigenvalue weighted by Gasteiger charge is -2.41. The molecule has 4 nitrogen and oxygen atoms in total. The molecule has 4 rings (SSSR count). The van der Waals surface area contributed by atoms with Crippen molar-refractivity contribution in [2.75, 3.05) is 26.7 Å². The minimum absolute atomic E-state index is 0.153. The molecule has 1 aromatic heterocycles. The fraction of sp³-hybridized carbons (Fsp3) is 0.375. The highest BCUT2D eigenvalue weighted by Gasteiger charge is 2.36. The van der Waals surface area contributed by atoms with Gasteiger partial charge in [0.1, 0.15) is 11.9 Å². The summed E-state index contributed by atoms with van der Waals surface area (Å²) >= 11 is 6.34. The van der Waals surface area contributed by atoms with Gasteiger partial charge >= 0.3 is 0 Å². The summed E-state index contributed by atoms with van der Waals surface area (Å²) in [4.78, 5) is 5.51. The number of likely N-dealkylation sites (tertiary alicyclic amines) is 1. The topological polar surface area (TPSA) is 52.0 Å². The number of hydrogen-bond donors (Lipinski definition) is 1. The van der Waals surface area contributed by atoms with Crippen molar-refractivity contribution in [3.05, 3.63) is 70.1 Å². The Morgan fingerprint density at radius 1 is 1.27 bits per heavy atom. The van der Waals surface area contributed by atoms with E-state index in [2.05, 4.69) is 23.0 Å². The molecular formula is C24H25ClFN3O. The number of benzene rings is 2. The van der Waals surface area contributed by atoms with Gasteiger partial charge in [0.15, 0.2) is 0 Å². The zero-order valence-electron chi connectivity index (χ0n) is 17.2. The summed E-state index contributed by atoms with van der Waals surface area (Å²) in [5.74, 6) is -0.225. The molecule has 1 saturated heterocycles. The molecule has 30 heavy (non-hydrogen) atoms. The third kappa shape index (κ3) is 3.96. The predicted octanol–water partition coefficient (Wildman–Crippen LogP) is 5.57. The van der Waals surface area contributed by atoms with E-state index in [-0.39, 0.29) is 17.3 Å². The zero-order chi connectivity index (χ0) is 21.3. The van der Waals surface area contributed by atoms with E-state index in [4.69, 9.17) is 16.3 Å². The molecule has 0 spiro atoms. The van der Waals surface area contributed by atoms with Gasteiger partial charge in [-0.15, -0.1) is 0 Å². The highest BCUT2D eigenvalue weighted by atomic mass is 35.5. The molecule has 156 valence electrons. The first-order valence-electron chi connectivity index (χ1n) is 10.2. The molecule has 1 atom stereocenters. The number of piperidine rings is 1. The van der Waals surface area contributed by atoms with E-state index < -0.39 is 0 Å². The van der Waals surface area contributed by atoms with Crippen LogP contribution in [-0.4, -0.2) is 36.6 Å². The Morgan fingerprint density at radius 3 is 2.63 bits per heavy atom. The number of aromatic nitrogens is 1. The van der Waals surface area contributed by atoms with Crippen LogP contribution in [0.4, 0.5) is 4.39 Å². The predicted molar refractivity (Wildman–Crippen MR) is 117 cm³/mol. The van der Waals surface area contributed by atoms with Crippen LogP contribution in [0.25, 0.3) is 10.9 Å². The third-order valence-electron chi connectivity index (χ3n) is 6.35. The molecule has 1 N–H and O–H groups in total. The Hall–Kier alpha value is -2.39. The number of rotatable bonds is 5. The van der Waals surface area contributed by atoms with E-state index in [0.29, 0.717) is 17.2 Å². The van der Waals surface area contributed by atoms with Gasteiger partial charge in [-0.3, -0.25) is 0 Å². The maximum absolute atomic E-state index is 13.5. The van der Waals surface area contributed by atoms with Crippen LogP contribution in [0, 0.1) is 17.1 Å². The van der Waals surface area contributed by atoms with Crippen LogP contribution in [0.15, 0.2) is 42.6 Å². The van der Waals surface area contributed by atoms with Crippen molar-refractivity contribution in [3.8, 4) is 6.07 Å². The monoisotopic (exact) mass is 425 g/mol. The fourth-order valence-electron chi connectivity index (χ4n) is 4.38. The van der Waals surface area contributed by atoms with E-state index >= 15 is 0 Å². The number of fused-ring (bicyclic) bond motifs is 1. The minimum Gasteiger partial charge on any atom is -0.373 e. The summed E-state index contributed by atoms with van der Waals surface area (Å²) in [5, 5.41) is 10.7. The van der Waals surface area contributed by atoms with Crippen molar-refractivity contribution >= 4 is 22.5 Å². The lowest BCUT2D eigenvalue weighted by molar-refractivity contribution is 0.00697. The van der Waals surface area contributed by atoms with Crippen molar-refractivity contribution in [3.63, 3.8) is 0 Å². The van der Waals surface area contributed by atoms with Crippen LogP contribution in [-0.2, 0) is 10.2 Å². The van der Waals surface area contributed by atoms with Crippen LogP contribution < -0.4 is 0 Å². The Morgan fingerprint density at radius 2 is 1.97 bits per heavy atom. The molecule has 3 aromatic rings. The molecule has 1 unspecified atom stereocenters. The second-order valence-corrected chi connectivity index (χ2v) is 8.71. The van der Waals surface area contributed by atoms with Crippen LogP contribution >= 0.6 is 11.6 Å². The van der Waals surface area contributed by atoms with Crippen molar-refractivity contribution < 1.29 is 9.13 Å². The standard InChI is InChI=1S/C24H25ClFN3O/c1-16(21-11-19(25)12-22-17(13-27)14-28-23(21)22)30-15-24(7-9-29(2)10-8-24)18-3-5-20(26)6-4-18/h3-6,11-12,14,16,28H,7-10,15H2,1-2H3. The normalized spacial score (nSPS) is 17.7. The number of aromatic amines is 1. The van der Waals surface area contributed by atoms with Gasteiger partial charge in [-0.05, 0) is 69.7 Å².